The Bertz CT molecular complexity index is 130. The number of hydrogen-bond donors (Lipinski definition) is 1. The third-order valence-electron chi connectivity index (χ3n) is 3.30. The largest absolute Gasteiger partial charge is 0.311 e. The van der Waals surface area contributed by atoms with Crippen LogP contribution in [0.4, 0.5) is 0 Å². The zero-order valence-corrected chi connectivity index (χ0v) is 9.64. The molecule has 2 unspecified atom stereocenters. The SMILES string of the molecule is CCC(NC(CC)C1CC1)C(C)C. The van der Waals surface area contributed by atoms with Crippen LogP contribution in [-0.2, 0) is 0 Å². The second-order valence-corrected chi connectivity index (χ2v) is 4.78. The van der Waals surface area contributed by atoms with Gasteiger partial charge in [0.25, 0.3) is 0 Å². The third-order valence-corrected chi connectivity index (χ3v) is 3.30. The summed E-state index contributed by atoms with van der Waals surface area (Å²) in [6.45, 7) is 9.24. The second kappa shape index (κ2) is 4.99. The Morgan fingerprint density at radius 3 is 2.08 bits per heavy atom. The van der Waals surface area contributed by atoms with Gasteiger partial charge in [-0.15, -0.1) is 0 Å². The Morgan fingerprint density at radius 2 is 1.77 bits per heavy atom. The molecule has 0 bridgehead atoms. The van der Waals surface area contributed by atoms with Crippen molar-refractivity contribution in [1.82, 2.24) is 5.32 Å². The molecule has 0 aromatic rings. The first-order chi connectivity index (χ1) is 6.19. The Balaban J connectivity index is 2.33. The number of rotatable bonds is 6. The molecule has 0 spiro atoms. The van der Waals surface area contributed by atoms with Crippen molar-refractivity contribution < 1.29 is 0 Å². The van der Waals surface area contributed by atoms with E-state index in [4.69, 9.17) is 0 Å². The lowest BCUT2D eigenvalue weighted by molar-refractivity contribution is 0.318. The molecule has 1 nitrogen and oxygen atoms in total. The van der Waals surface area contributed by atoms with Crippen LogP contribution in [0, 0.1) is 11.8 Å². The fraction of sp³-hybridized carbons (Fsp3) is 1.00. The van der Waals surface area contributed by atoms with E-state index in [9.17, 15) is 0 Å². The first-order valence-electron chi connectivity index (χ1n) is 5.95. The van der Waals surface area contributed by atoms with Gasteiger partial charge >= 0.3 is 0 Å². The molecule has 0 radical (unpaired) electrons. The molecular formula is C12H25N. The van der Waals surface area contributed by atoms with Gasteiger partial charge in [0.15, 0.2) is 0 Å². The highest BCUT2D eigenvalue weighted by Crippen LogP contribution is 2.34. The van der Waals surface area contributed by atoms with E-state index in [-0.39, 0.29) is 0 Å². The molecule has 78 valence electrons. The maximum Gasteiger partial charge on any atom is 0.00954 e. The molecule has 0 aliphatic heterocycles. The van der Waals surface area contributed by atoms with Crippen molar-refractivity contribution in [2.75, 3.05) is 0 Å². The molecule has 2 atom stereocenters. The summed E-state index contributed by atoms with van der Waals surface area (Å²) in [4.78, 5) is 0. The first kappa shape index (κ1) is 11.0. The van der Waals surface area contributed by atoms with Crippen LogP contribution < -0.4 is 5.32 Å². The summed E-state index contributed by atoms with van der Waals surface area (Å²) in [5.41, 5.74) is 0. The van der Waals surface area contributed by atoms with E-state index in [0.717, 1.165) is 23.9 Å². The van der Waals surface area contributed by atoms with Crippen molar-refractivity contribution in [1.29, 1.82) is 0 Å². The smallest absolute Gasteiger partial charge is 0.00954 e. The van der Waals surface area contributed by atoms with Crippen LogP contribution in [0.1, 0.15) is 53.4 Å². The van der Waals surface area contributed by atoms with Crippen molar-refractivity contribution in [3.05, 3.63) is 0 Å². The average Bonchev–Trinajstić information content (AvgIpc) is 2.89. The number of hydrogen-bond acceptors (Lipinski definition) is 1. The van der Waals surface area contributed by atoms with Crippen LogP contribution in [0.3, 0.4) is 0 Å². The summed E-state index contributed by atoms with van der Waals surface area (Å²) in [5, 5.41) is 3.81. The Labute approximate surface area is 83.3 Å². The normalized spacial score (nSPS) is 21.9. The monoisotopic (exact) mass is 183 g/mol. The summed E-state index contributed by atoms with van der Waals surface area (Å²) in [6, 6.07) is 1.53. The Kier molecular flexibility index (Phi) is 4.24. The maximum absolute atomic E-state index is 3.81. The Morgan fingerprint density at radius 1 is 1.15 bits per heavy atom. The Hall–Kier alpha value is -0.0400. The van der Waals surface area contributed by atoms with E-state index in [2.05, 4.69) is 33.0 Å². The van der Waals surface area contributed by atoms with E-state index in [1.165, 1.54) is 25.7 Å². The zero-order valence-electron chi connectivity index (χ0n) is 9.64. The van der Waals surface area contributed by atoms with E-state index in [1.54, 1.807) is 0 Å². The predicted molar refractivity (Wildman–Crippen MR) is 58.9 cm³/mol. The summed E-state index contributed by atoms with van der Waals surface area (Å²) in [5.74, 6) is 1.77. The number of nitrogens with one attached hydrogen (secondary N) is 1. The molecular weight excluding hydrogens is 158 g/mol. The molecule has 0 aromatic heterocycles. The lowest BCUT2D eigenvalue weighted by Crippen LogP contribution is -2.41. The summed E-state index contributed by atoms with van der Waals surface area (Å²) in [7, 11) is 0. The summed E-state index contributed by atoms with van der Waals surface area (Å²) >= 11 is 0. The van der Waals surface area contributed by atoms with Gasteiger partial charge in [-0.2, -0.15) is 0 Å². The topological polar surface area (TPSA) is 12.0 Å². The molecule has 1 rings (SSSR count). The van der Waals surface area contributed by atoms with Gasteiger partial charge in [0.05, 0.1) is 0 Å². The van der Waals surface area contributed by atoms with Gasteiger partial charge in [-0.1, -0.05) is 27.7 Å². The van der Waals surface area contributed by atoms with Gasteiger partial charge in [0.1, 0.15) is 0 Å². The molecule has 13 heavy (non-hydrogen) atoms. The third kappa shape index (κ3) is 3.30. The van der Waals surface area contributed by atoms with Gasteiger partial charge in [0, 0.05) is 12.1 Å². The van der Waals surface area contributed by atoms with Crippen molar-refractivity contribution in [2.24, 2.45) is 11.8 Å². The zero-order chi connectivity index (χ0) is 9.84. The van der Waals surface area contributed by atoms with Crippen LogP contribution in [0.5, 0.6) is 0 Å². The first-order valence-corrected chi connectivity index (χ1v) is 5.95. The van der Waals surface area contributed by atoms with Gasteiger partial charge < -0.3 is 5.32 Å². The fourth-order valence-electron chi connectivity index (χ4n) is 2.14. The second-order valence-electron chi connectivity index (χ2n) is 4.78. The van der Waals surface area contributed by atoms with E-state index >= 15 is 0 Å². The molecule has 1 N–H and O–H groups in total. The minimum absolute atomic E-state index is 0.727. The minimum atomic E-state index is 0.727. The fourth-order valence-corrected chi connectivity index (χ4v) is 2.14. The molecule has 1 saturated carbocycles. The highest BCUT2D eigenvalue weighted by molar-refractivity contribution is 4.87. The van der Waals surface area contributed by atoms with Crippen molar-refractivity contribution in [2.45, 2.75) is 65.5 Å². The standard InChI is InChI=1S/C12H25N/c1-5-11(9(3)4)13-12(6-2)10-7-8-10/h9-13H,5-8H2,1-4H3. The van der Waals surface area contributed by atoms with Gasteiger partial charge in [-0.3, -0.25) is 0 Å². The highest BCUT2D eigenvalue weighted by atomic mass is 15.0. The molecule has 1 aliphatic carbocycles. The lowest BCUT2D eigenvalue weighted by Gasteiger charge is -2.27. The maximum atomic E-state index is 3.81. The van der Waals surface area contributed by atoms with Gasteiger partial charge in [0.2, 0.25) is 0 Å². The van der Waals surface area contributed by atoms with Crippen LogP contribution in [0.25, 0.3) is 0 Å². The molecule has 0 aromatic carbocycles. The molecule has 1 heteroatoms. The predicted octanol–water partition coefficient (Wildman–Crippen LogP) is 3.20. The van der Waals surface area contributed by atoms with E-state index in [0.29, 0.717) is 0 Å². The van der Waals surface area contributed by atoms with Crippen LogP contribution in [0.2, 0.25) is 0 Å². The quantitative estimate of drug-likeness (QED) is 0.667. The van der Waals surface area contributed by atoms with Crippen LogP contribution in [-0.4, -0.2) is 12.1 Å². The van der Waals surface area contributed by atoms with Gasteiger partial charge in [-0.25, -0.2) is 0 Å². The molecule has 0 amide bonds. The van der Waals surface area contributed by atoms with Crippen LogP contribution >= 0.6 is 0 Å². The van der Waals surface area contributed by atoms with Gasteiger partial charge in [-0.05, 0) is 37.5 Å². The van der Waals surface area contributed by atoms with E-state index in [1.807, 2.05) is 0 Å². The average molecular weight is 183 g/mol. The van der Waals surface area contributed by atoms with Crippen molar-refractivity contribution >= 4 is 0 Å². The molecule has 1 fully saturated rings. The van der Waals surface area contributed by atoms with Crippen LogP contribution in [0.15, 0.2) is 0 Å². The molecule has 0 saturated heterocycles. The summed E-state index contributed by atoms with van der Waals surface area (Å²) in [6.07, 6.45) is 5.48. The van der Waals surface area contributed by atoms with Crippen molar-refractivity contribution in [3.63, 3.8) is 0 Å². The molecule has 0 heterocycles. The highest BCUT2D eigenvalue weighted by Gasteiger charge is 2.31. The lowest BCUT2D eigenvalue weighted by atomic mass is 9.99. The molecule has 1 aliphatic rings. The van der Waals surface area contributed by atoms with E-state index < -0.39 is 0 Å². The minimum Gasteiger partial charge on any atom is -0.311 e. The van der Waals surface area contributed by atoms with Crippen molar-refractivity contribution in [3.8, 4) is 0 Å². The summed E-state index contributed by atoms with van der Waals surface area (Å²) < 4.78 is 0.